The smallest absolute Gasteiger partial charge is 0.236 e. The number of hydrogen-bond donors (Lipinski definition) is 0. The summed E-state index contributed by atoms with van der Waals surface area (Å²) in [5.74, 6) is 0.334. The number of halogens is 3. The molecule has 0 fully saturated rings. The molecule has 84 valence electrons. The number of benzene rings is 1. The topological polar surface area (TPSA) is 18.5 Å². The van der Waals surface area contributed by atoms with Crippen LogP contribution in [0.25, 0.3) is 0 Å². The van der Waals surface area contributed by atoms with Crippen LogP contribution in [0.4, 0.5) is 8.78 Å². The number of rotatable bonds is 4. The van der Waals surface area contributed by atoms with Crippen molar-refractivity contribution in [2.75, 3.05) is 0 Å². The van der Waals surface area contributed by atoms with E-state index in [1.165, 1.54) is 19.9 Å². The molecule has 1 aromatic carbocycles. The van der Waals surface area contributed by atoms with Crippen LogP contribution >= 0.6 is 15.9 Å². The van der Waals surface area contributed by atoms with Gasteiger partial charge in [0.2, 0.25) is 12.7 Å². The summed E-state index contributed by atoms with van der Waals surface area (Å²) in [6.07, 6.45) is -2.96. The van der Waals surface area contributed by atoms with Gasteiger partial charge < -0.3 is 9.47 Å². The van der Waals surface area contributed by atoms with Crippen molar-refractivity contribution in [1.82, 2.24) is 0 Å². The van der Waals surface area contributed by atoms with Crippen LogP contribution in [0.2, 0.25) is 0 Å². The molecule has 0 aliphatic rings. The predicted octanol–water partition coefficient (Wildman–Crippen LogP) is 3.84. The molecule has 0 spiro atoms. The van der Waals surface area contributed by atoms with Crippen LogP contribution in [-0.2, 0) is 0 Å². The molecule has 0 heterocycles. The highest BCUT2D eigenvalue weighted by Crippen LogP contribution is 2.36. The van der Waals surface area contributed by atoms with Gasteiger partial charge in [0, 0.05) is 13.8 Å². The second-order valence-electron chi connectivity index (χ2n) is 2.89. The fourth-order valence-corrected chi connectivity index (χ4v) is 1.48. The van der Waals surface area contributed by atoms with Gasteiger partial charge in [-0.3, -0.25) is 0 Å². The number of hydrogen-bond acceptors (Lipinski definition) is 2. The van der Waals surface area contributed by atoms with Crippen molar-refractivity contribution in [1.29, 1.82) is 0 Å². The largest absolute Gasteiger partial charge is 0.457 e. The molecule has 2 atom stereocenters. The second-order valence-corrected chi connectivity index (χ2v) is 3.74. The molecule has 2 nitrogen and oxygen atoms in total. The molecule has 1 rings (SSSR count). The summed E-state index contributed by atoms with van der Waals surface area (Å²) in [7, 11) is 0. The van der Waals surface area contributed by atoms with E-state index in [1.54, 1.807) is 12.1 Å². The fourth-order valence-electron chi connectivity index (χ4n) is 1.03. The maximum absolute atomic E-state index is 12.7. The number of para-hydroxylation sites is 1. The Kier molecular flexibility index (Phi) is 4.32. The van der Waals surface area contributed by atoms with Gasteiger partial charge in [0.1, 0.15) is 0 Å². The minimum atomic E-state index is -1.49. The van der Waals surface area contributed by atoms with Crippen molar-refractivity contribution in [2.45, 2.75) is 26.6 Å². The average molecular weight is 281 g/mol. The summed E-state index contributed by atoms with van der Waals surface area (Å²) in [4.78, 5) is 0. The van der Waals surface area contributed by atoms with E-state index in [0.29, 0.717) is 4.47 Å². The van der Waals surface area contributed by atoms with Crippen LogP contribution in [-0.4, -0.2) is 12.7 Å². The van der Waals surface area contributed by atoms with Gasteiger partial charge in [0.05, 0.1) is 4.47 Å². The van der Waals surface area contributed by atoms with Crippen molar-refractivity contribution >= 4 is 15.9 Å². The highest BCUT2D eigenvalue weighted by molar-refractivity contribution is 9.10. The van der Waals surface area contributed by atoms with Gasteiger partial charge >= 0.3 is 0 Å². The van der Waals surface area contributed by atoms with E-state index < -0.39 is 12.7 Å². The first kappa shape index (κ1) is 12.2. The number of ether oxygens (including phenoxy) is 2. The third-order valence-corrected chi connectivity index (χ3v) is 2.12. The standard InChI is InChI=1S/C10H11BrF2O2/c1-6(12)14-9-5-3-4-8(11)10(9)15-7(2)13/h3-7H,1-2H3. The van der Waals surface area contributed by atoms with Crippen molar-refractivity contribution in [3.63, 3.8) is 0 Å². The first-order chi connectivity index (χ1) is 7.00. The Morgan fingerprint density at radius 1 is 1.13 bits per heavy atom. The SMILES string of the molecule is CC(F)Oc1cccc(Br)c1OC(C)F. The van der Waals surface area contributed by atoms with Crippen LogP contribution < -0.4 is 9.47 Å². The van der Waals surface area contributed by atoms with Crippen molar-refractivity contribution in [2.24, 2.45) is 0 Å². The zero-order valence-electron chi connectivity index (χ0n) is 8.34. The minimum absolute atomic E-state index is 0.164. The predicted molar refractivity (Wildman–Crippen MR) is 56.5 cm³/mol. The highest BCUT2D eigenvalue weighted by Gasteiger charge is 2.14. The van der Waals surface area contributed by atoms with Gasteiger partial charge in [0.15, 0.2) is 11.5 Å². The van der Waals surface area contributed by atoms with E-state index in [2.05, 4.69) is 15.9 Å². The molecule has 0 aromatic heterocycles. The molecule has 0 N–H and O–H groups in total. The van der Waals surface area contributed by atoms with Gasteiger partial charge in [-0.2, -0.15) is 0 Å². The Labute approximate surface area is 95.3 Å². The molecule has 15 heavy (non-hydrogen) atoms. The first-order valence-electron chi connectivity index (χ1n) is 4.40. The normalized spacial score (nSPS) is 14.5. The van der Waals surface area contributed by atoms with E-state index in [0.717, 1.165) is 0 Å². The van der Waals surface area contributed by atoms with E-state index in [9.17, 15) is 8.78 Å². The van der Waals surface area contributed by atoms with E-state index in [-0.39, 0.29) is 11.5 Å². The summed E-state index contributed by atoms with van der Waals surface area (Å²) in [5.41, 5.74) is 0. The number of alkyl halides is 2. The lowest BCUT2D eigenvalue weighted by molar-refractivity contribution is 0.0577. The molecular formula is C10H11BrF2O2. The maximum atomic E-state index is 12.7. The van der Waals surface area contributed by atoms with Crippen molar-refractivity contribution in [3.8, 4) is 11.5 Å². The molecule has 5 heteroatoms. The third kappa shape index (κ3) is 3.66. The van der Waals surface area contributed by atoms with Crippen LogP contribution in [0.1, 0.15) is 13.8 Å². The zero-order chi connectivity index (χ0) is 11.4. The molecule has 0 aliphatic heterocycles. The lowest BCUT2D eigenvalue weighted by atomic mass is 10.3. The van der Waals surface area contributed by atoms with Crippen molar-refractivity contribution in [3.05, 3.63) is 22.7 Å². The molecule has 0 bridgehead atoms. The molecule has 2 unspecified atom stereocenters. The van der Waals surface area contributed by atoms with Gasteiger partial charge in [-0.1, -0.05) is 6.07 Å². The molecular weight excluding hydrogens is 270 g/mol. The average Bonchev–Trinajstić information content (AvgIpc) is 2.09. The Morgan fingerprint density at radius 3 is 2.27 bits per heavy atom. The van der Waals surface area contributed by atoms with E-state index >= 15 is 0 Å². The van der Waals surface area contributed by atoms with Crippen LogP contribution in [0.15, 0.2) is 22.7 Å². The summed E-state index contributed by atoms with van der Waals surface area (Å²) in [5, 5.41) is 0. The Morgan fingerprint density at radius 2 is 1.73 bits per heavy atom. The van der Waals surface area contributed by atoms with Crippen LogP contribution in [0, 0.1) is 0 Å². The Bertz CT molecular complexity index is 329. The molecule has 0 amide bonds. The van der Waals surface area contributed by atoms with E-state index in [1.807, 2.05) is 0 Å². The summed E-state index contributed by atoms with van der Waals surface area (Å²) in [6, 6.07) is 4.82. The molecule has 0 saturated carbocycles. The second kappa shape index (κ2) is 5.30. The molecule has 1 aromatic rings. The van der Waals surface area contributed by atoms with Crippen LogP contribution in [0.5, 0.6) is 11.5 Å². The lowest BCUT2D eigenvalue weighted by Crippen LogP contribution is -2.09. The molecule has 0 saturated heterocycles. The Hall–Kier alpha value is -0.840. The highest BCUT2D eigenvalue weighted by atomic mass is 79.9. The maximum Gasteiger partial charge on any atom is 0.236 e. The Balaban J connectivity index is 2.97. The third-order valence-electron chi connectivity index (χ3n) is 1.50. The summed E-state index contributed by atoms with van der Waals surface area (Å²) in [6.45, 7) is 2.48. The zero-order valence-corrected chi connectivity index (χ0v) is 9.92. The van der Waals surface area contributed by atoms with Gasteiger partial charge in [-0.25, -0.2) is 8.78 Å². The first-order valence-corrected chi connectivity index (χ1v) is 5.20. The minimum Gasteiger partial charge on any atom is -0.457 e. The lowest BCUT2D eigenvalue weighted by Gasteiger charge is -2.15. The summed E-state index contributed by atoms with van der Waals surface area (Å²) >= 11 is 3.17. The monoisotopic (exact) mass is 280 g/mol. The van der Waals surface area contributed by atoms with Crippen molar-refractivity contribution < 1.29 is 18.3 Å². The van der Waals surface area contributed by atoms with E-state index in [4.69, 9.17) is 9.47 Å². The summed E-state index contributed by atoms with van der Waals surface area (Å²) < 4.78 is 35.6. The van der Waals surface area contributed by atoms with Gasteiger partial charge in [0.25, 0.3) is 0 Å². The quantitative estimate of drug-likeness (QED) is 0.834. The van der Waals surface area contributed by atoms with Gasteiger partial charge in [-0.15, -0.1) is 0 Å². The molecule has 0 aliphatic carbocycles. The fraction of sp³-hybridized carbons (Fsp3) is 0.400. The van der Waals surface area contributed by atoms with Gasteiger partial charge in [-0.05, 0) is 28.1 Å². The van der Waals surface area contributed by atoms with Crippen LogP contribution in [0.3, 0.4) is 0 Å². The molecule has 0 radical (unpaired) electrons.